The molecule has 2 amide bonds. The van der Waals surface area contributed by atoms with Gasteiger partial charge in [0.2, 0.25) is 0 Å². The predicted molar refractivity (Wildman–Crippen MR) is 123 cm³/mol. The number of carbonyl (C=O) groups excluding carboxylic acids is 2. The number of hydrogen-bond donors (Lipinski definition) is 1. The first-order valence-electron chi connectivity index (χ1n) is 11.6. The molecule has 32 heavy (non-hydrogen) atoms. The fraction of sp³-hybridized carbons (Fsp3) is 0.462. The van der Waals surface area contributed by atoms with Crippen LogP contribution in [-0.2, 0) is 11.2 Å². The summed E-state index contributed by atoms with van der Waals surface area (Å²) < 4.78 is 11.5. The second-order valence-corrected chi connectivity index (χ2v) is 8.66. The SMILES string of the molecule is CCOc1cc(C(=O)NC2c3ccccc3CC2C)ccc1OCC(=O)N1CCCCC1. The Labute approximate surface area is 189 Å². The number of hydrogen-bond acceptors (Lipinski definition) is 4. The van der Waals surface area contributed by atoms with Crippen LogP contribution in [0.4, 0.5) is 0 Å². The highest BCUT2D eigenvalue weighted by atomic mass is 16.5. The number of likely N-dealkylation sites (tertiary alicyclic amines) is 1. The molecular formula is C26H32N2O4. The largest absolute Gasteiger partial charge is 0.490 e. The van der Waals surface area contributed by atoms with Crippen LogP contribution in [0.15, 0.2) is 42.5 Å². The molecule has 2 unspecified atom stereocenters. The van der Waals surface area contributed by atoms with Gasteiger partial charge in [0.1, 0.15) is 0 Å². The van der Waals surface area contributed by atoms with Crippen LogP contribution in [-0.4, -0.2) is 43.0 Å². The fourth-order valence-corrected chi connectivity index (χ4v) is 4.65. The zero-order valence-corrected chi connectivity index (χ0v) is 18.9. The third-order valence-corrected chi connectivity index (χ3v) is 6.35. The molecule has 1 fully saturated rings. The Morgan fingerprint density at radius 2 is 1.81 bits per heavy atom. The zero-order chi connectivity index (χ0) is 22.5. The summed E-state index contributed by atoms with van der Waals surface area (Å²) in [7, 11) is 0. The van der Waals surface area contributed by atoms with E-state index in [0.29, 0.717) is 29.6 Å². The van der Waals surface area contributed by atoms with Crippen LogP contribution in [0.1, 0.15) is 60.6 Å². The van der Waals surface area contributed by atoms with Gasteiger partial charge >= 0.3 is 0 Å². The van der Waals surface area contributed by atoms with E-state index in [2.05, 4.69) is 24.4 Å². The van der Waals surface area contributed by atoms with Gasteiger partial charge < -0.3 is 19.7 Å². The third-order valence-electron chi connectivity index (χ3n) is 6.35. The van der Waals surface area contributed by atoms with Gasteiger partial charge in [-0.2, -0.15) is 0 Å². The van der Waals surface area contributed by atoms with Crippen molar-refractivity contribution < 1.29 is 19.1 Å². The summed E-state index contributed by atoms with van der Waals surface area (Å²) in [4.78, 5) is 27.3. The molecule has 0 aromatic heterocycles. The van der Waals surface area contributed by atoms with Crippen molar-refractivity contribution in [3.63, 3.8) is 0 Å². The number of fused-ring (bicyclic) bond motifs is 1. The van der Waals surface area contributed by atoms with Crippen LogP contribution in [0.3, 0.4) is 0 Å². The quantitative estimate of drug-likeness (QED) is 0.708. The molecule has 4 rings (SSSR count). The van der Waals surface area contributed by atoms with Gasteiger partial charge in [0.25, 0.3) is 11.8 Å². The van der Waals surface area contributed by atoms with E-state index in [-0.39, 0.29) is 24.5 Å². The summed E-state index contributed by atoms with van der Waals surface area (Å²) in [6.45, 7) is 6.04. The van der Waals surface area contributed by atoms with Crippen molar-refractivity contribution in [1.82, 2.24) is 10.2 Å². The van der Waals surface area contributed by atoms with E-state index in [0.717, 1.165) is 32.4 Å². The summed E-state index contributed by atoms with van der Waals surface area (Å²) in [6.07, 6.45) is 4.23. The average molecular weight is 437 g/mol. The summed E-state index contributed by atoms with van der Waals surface area (Å²) in [5, 5.41) is 3.19. The topological polar surface area (TPSA) is 67.9 Å². The van der Waals surface area contributed by atoms with Crippen LogP contribution >= 0.6 is 0 Å². The van der Waals surface area contributed by atoms with Crippen molar-refractivity contribution in [3.8, 4) is 11.5 Å². The molecular weight excluding hydrogens is 404 g/mol. The van der Waals surface area contributed by atoms with Gasteiger partial charge in [-0.3, -0.25) is 9.59 Å². The Kier molecular flexibility index (Phi) is 6.98. The van der Waals surface area contributed by atoms with Crippen LogP contribution in [0.5, 0.6) is 11.5 Å². The van der Waals surface area contributed by atoms with Crippen molar-refractivity contribution >= 4 is 11.8 Å². The first-order valence-corrected chi connectivity index (χ1v) is 11.6. The second kappa shape index (κ2) is 10.1. The summed E-state index contributed by atoms with van der Waals surface area (Å²) in [5.41, 5.74) is 3.00. The first kappa shape index (κ1) is 22.2. The lowest BCUT2D eigenvalue weighted by atomic mass is 10.0. The lowest BCUT2D eigenvalue weighted by Gasteiger charge is -2.26. The Bertz CT molecular complexity index is 968. The Hall–Kier alpha value is -3.02. The van der Waals surface area contributed by atoms with Crippen molar-refractivity contribution in [2.24, 2.45) is 5.92 Å². The molecule has 0 radical (unpaired) electrons. The number of amides is 2. The maximum absolute atomic E-state index is 13.0. The molecule has 2 atom stereocenters. The molecule has 170 valence electrons. The van der Waals surface area contributed by atoms with E-state index >= 15 is 0 Å². The molecule has 1 aliphatic heterocycles. The van der Waals surface area contributed by atoms with Crippen molar-refractivity contribution in [2.75, 3.05) is 26.3 Å². The van der Waals surface area contributed by atoms with E-state index in [1.807, 2.05) is 24.0 Å². The molecule has 2 aliphatic rings. The third kappa shape index (κ3) is 4.90. The maximum atomic E-state index is 13.0. The molecule has 0 saturated carbocycles. The summed E-state index contributed by atoms with van der Waals surface area (Å²) in [6, 6.07) is 13.4. The Morgan fingerprint density at radius 1 is 1.03 bits per heavy atom. The van der Waals surface area contributed by atoms with E-state index in [4.69, 9.17) is 9.47 Å². The number of ether oxygens (including phenoxy) is 2. The van der Waals surface area contributed by atoms with Crippen LogP contribution < -0.4 is 14.8 Å². The normalized spacial score (nSPS) is 19.9. The van der Waals surface area contributed by atoms with Gasteiger partial charge in [0.05, 0.1) is 12.6 Å². The smallest absolute Gasteiger partial charge is 0.260 e. The number of nitrogens with zero attached hydrogens (tertiary/aromatic N) is 1. The van der Waals surface area contributed by atoms with Gasteiger partial charge in [0.15, 0.2) is 18.1 Å². The lowest BCUT2D eigenvalue weighted by molar-refractivity contribution is -0.134. The zero-order valence-electron chi connectivity index (χ0n) is 18.9. The maximum Gasteiger partial charge on any atom is 0.260 e. The molecule has 6 nitrogen and oxygen atoms in total. The van der Waals surface area contributed by atoms with E-state index in [9.17, 15) is 9.59 Å². The number of benzene rings is 2. The van der Waals surface area contributed by atoms with Gasteiger partial charge in [0, 0.05) is 18.7 Å². The fourth-order valence-electron chi connectivity index (χ4n) is 4.65. The van der Waals surface area contributed by atoms with Crippen LogP contribution in [0.25, 0.3) is 0 Å². The highest BCUT2D eigenvalue weighted by molar-refractivity contribution is 5.95. The van der Waals surface area contributed by atoms with Crippen LogP contribution in [0, 0.1) is 5.92 Å². The predicted octanol–water partition coefficient (Wildman–Crippen LogP) is 4.14. The van der Waals surface area contributed by atoms with Crippen LogP contribution in [0.2, 0.25) is 0 Å². The minimum Gasteiger partial charge on any atom is -0.490 e. The minimum absolute atomic E-state index is 0.00710. The molecule has 2 aromatic carbocycles. The second-order valence-electron chi connectivity index (χ2n) is 8.66. The number of nitrogens with one attached hydrogen (secondary N) is 1. The van der Waals surface area contributed by atoms with Gasteiger partial charge in [-0.1, -0.05) is 31.2 Å². The molecule has 1 saturated heterocycles. The molecule has 6 heteroatoms. The Balaban J connectivity index is 1.44. The van der Waals surface area contributed by atoms with E-state index in [1.165, 1.54) is 17.5 Å². The first-order chi connectivity index (χ1) is 15.6. The summed E-state index contributed by atoms with van der Waals surface area (Å²) >= 11 is 0. The van der Waals surface area contributed by atoms with E-state index in [1.54, 1.807) is 18.2 Å². The standard InChI is InChI=1S/C26H32N2O4/c1-3-31-23-16-20(11-12-22(23)32-17-24(29)28-13-7-4-8-14-28)26(30)27-25-18(2)15-19-9-5-6-10-21(19)25/h5-6,9-12,16,18,25H,3-4,7-8,13-15,17H2,1-2H3,(H,27,30). The highest BCUT2D eigenvalue weighted by Crippen LogP contribution is 2.36. The number of carbonyl (C=O) groups is 2. The lowest BCUT2D eigenvalue weighted by Crippen LogP contribution is -2.38. The number of piperidine rings is 1. The van der Waals surface area contributed by atoms with Crippen molar-refractivity contribution in [2.45, 2.75) is 45.6 Å². The molecule has 1 N–H and O–H groups in total. The van der Waals surface area contributed by atoms with Gasteiger partial charge in [-0.25, -0.2) is 0 Å². The monoisotopic (exact) mass is 436 g/mol. The average Bonchev–Trinajstić information content (AvgIpc) is 3.13. The van der Waals surface area contributed by atoms with Crippen molar-refractivity contribution in [3.05, 3.63) is 59.2 Å². The van der Waals surface area contributed by atoms with Crippen molar-refractivity contribution in [1.29, 1.82) is 0 Å². The molecule has 1 aliphatic carbocycles. The molecule has 1 heterocycles. The summed E-state index contributed by atoms with van der Waals surface area (Å²) in [5.74, 6) is 1.14. The molecule has 2 aromatic rings. The molecule has 0 bridgehead atoms. The molecule has 0 spiro atoms. The van der Waals surface area contributed by atoms with Gasteiger partial charge in [-0.05, 0) is 67.9 Å². The highest BCUT2D eigenvalue weighted by Gasteiger charge is 2.30. The Morgan fingerprint density at radius 3 is 2.59 bits per heavy atom. The minimum atomic E-state index is -0.143. The van der Waals surface area contributed by atoms with E-state index < -0.39 is 0 Å². The number of rotatable bonds is 7. The van der Waals surface area contributed by atoms with Gasteiger partial charge in [-0.15, -0.1) is 0 Å².